The second-order valence-electron chi connectivity index (χ2n) is 9.07. The van der Waals surface area contributed by atoms with Crippen molar-refractivity contribution in [1.82, 2.24) is 5.32 Å². The Morgan fingerprint density at radius 1 is 1.11 bits per heavy atom. The highest BCUT2D eigenvalue weighted by molar-refractivity contribution is 7.90. The lowest BCUT2D eigenvalue weighted by Gasteiger charge is -2.56. The van der Waals surface area contributed by atoms with Crippen LogP contribution in [-0.4, -0.2) is 38.7 Å². The summed E-state index contributed by atoms with van der Waals surface area (Å²) in [7, 11) is -3.42. The normalized spacial score (nSPS) is 30.9. The molecule has 5 rings (SSSR count). The van der Waals surface area contributed by atoms with Gasteiger partial charge in [-0.15, -0.1) is 0 Å². The van der Waals surface area contributed by atoms with Crippen LogP contribution in [-0.2, 0) is 19.4 Å². The number of rotatable bonds is 5. The zero-order valence-electron chi connectivity index (χ0n) is 16.4. The summed E-state index contributed by atoms with van der Waals surface area (Å²) in [4.78, 5) is 25.0. The van der Waals surface area contributed by atoms with Gasteiger partial charge in [0.2, 0.25) is 0 Å². The lowest BCUT2D eigenvalue weighted by molar-refractivity contribution is -0.130. The Hall–Kier alpha value is -1.89. The van der Waals surface area contributed by atoms with Crippen LogP contribution in [0.1, 0.15) is 54.4 Å². The van der Waals surface area contributed by atoms with Crippen LogP contribution in [0.2, 0.25) is 0 Å². The second kappa shape index (κ2) is 6.87. The maximum absolute atomic E-state index is 12.5. The Morgan fingerprint density at radius 2 is 1.68 bits per heavy atom. The first-order valence-corrected chi connectivity index (χ1v) is 11.8. The number of hydrogen-bond acceptors (Lipinski definition) is 5. The summed E-state index contributed by atoms with van der Waals surface area (Å²) in [6.45, 7) is 1.36. The van der Waals surface area contributed by atoms with Gasteiger partial charge < -0.3 is 10.1 Å². The predicted octanol–water partition coefficient (Wildman–Crippen LogP) is 2.64. The van der Waals surface area contributed by atoms with Crippen molar-refractivity contribution >= 4 is 21.7 Å². The first kappa shape index (κ1) is 19.4. The van der Waals surface area contributed by atoms with E-state index in [9.17, 15) is 18.0 Å². The number of hydrogen-bond donors (Lipinski definition) is 1. The standard InChI is InChI=1S/C21H27NO5S/c1-13-3-4-17(28(2,25)26)8-18(13)20(24)27-12-19(23)22-21-9-14-5-15(10-21)7-16(6-14)11-21/h3-4,8,14-16H,5-7,9-12H2,1-2H3,(H,22,23). The van der Waals surface area contributed by atoms with Gasteiger partial charge in [-0.25, -0.2) is 13.2 Å². The summed E-state index contributed by atoms with van der Waals surface area (Å²) in [6, 6.07) is 4.34. The molecule has 0 aliphatic heterocycles. The number of esters is 1. The van der Waals surface area contributed by atoms with Crippen molar-refractivity contribution in [3.8, 4) is 0 Å². The average molecular weight is 406 g/mol. The molecule has 4 aliphatic rings. The number of carbonyl (C=O) groups is 2. The second-order valence-corrected chi connectivity index (χ2v) is 11.1. The van der Waals surface area contributed by atoms with Crippen LogP contribution in [0.4, 0.5) is 0 Å². The van der Waals surface area contributed by atoms with Gasteiger partial charge in [0, 0.05) is 11.8 Å². The van der Waals surface area contributed by atoms with Crippen molar-refractivity contribution in [1.29, 1.82) is 0 Å². The molecular weight excluding hydrogens is 378 g/mol. The molecule has 0 aromatic heterocycles. The first-order chi connectivity index (χ1) is 13.1. The molecule has 28 heavy (non-hydrogen) atoms. The molecule has 1 amide bonds. The fourth-order valence-electron chi connectivity index (χ4n) is 5.86. The van der Waals surface area contributed by atoms with E-state index in [1.807, 2.05) is 0 Å². The minimum Gasteiger partial charge on any atom is -0.452 e. The summed E-state index contributed by atoms with van der Waals surface area (Å²) < 4.78 is 28.6. The zero-order valence-corrected chi connectivity index (χ0v) is 17.2. The topological polar surface area (TPSA) is 89.5 Å². The molecule has 1 N–H and O–H groups in total. The fraction of sp³-hybridized carbons (Fsp3) is 0.619. The molecule has 6 nitrogen and oxygen atoms in total. The van der Waals surface area contributed by atoms with Crippen molar-refractivity contribution in [3.05, 3.63) is 29.3 Å². The van der Waals surface area contributed by atoms with Crippen molar-refractivity contribution in [3.63, 3.8) is 0 Å². The maximum Gasteiger partial charge on any atom is 0.338 e. The molecule has 0 radical (unpaired) electrons. The number of ether oxygens (including phenoxy) is 1. The molecule has 4 bridgehead atoms. The van der Waals surface area contributed by atoms with Gasteiger partial charge in [-0.1, -0.05) is 6.07 Å². The maximum atomic E-state index is 12.5. The fourth-order valence-corrected chi connectivity index (χ4v) is 6.50. The molecule has 0 heterocycles. The third-order valence-corrected chi connectivity index (χ3v) is 7.74. The van der Waals surface area contributed by atoms with Crippen molar-refractivity contribution < 1.29 is 22.7 Å². The Morgan fingerprint density at radius 3 is 2.21 bits per heavy atom. The molecule has 152 valence electrons. The molecule has 1 aromatic carbocycles. The quantitative estimate of drug-likeness (QED) is 0.761. The van der Waals surface area contributed by atoms with Gasteiger partial charge in [0.1, 0.15) is 0 Å². The highest BCUT2D eigenvalue weighted by Gasteiger charge is 2.51. The Kier molecular flexibility index (Phi) is 4.76. The SMILES string of the molecule is Cc1ccc(S(C)(=O)=O)cc1C(=O)OCC(=O)NC12CC3CC(CC(C3)C1)C2. The highest BCUT2D eigenvalue weighted by atomic mass is 32.2. The van der Waals surface area contributed by atoms with E-state index in [4.69, 9.17) is 4.74 Å². The van der Waals surface area contributed by atoms with Crippen LogP contribution in [0.25, 0.3) is 0 Å². The predicted molar refractivity (Wildman–Crippen MR) is 104 cm³/mol. The van der Waals surface area contributed by atoms with E-state index in [2.05, 4.69) is 5.32 Å². The van der Waals surface area contributed by atoms with E-state index in [0.29, 0.717) is 5.56 Å². The van der Waals surface area contributed by atoms with Gasteiger partial charge in [-0.05, 0) is 80.9 Å². The van der Waals surface area contributed by atoms with Gasteiger partial charge in [0.05, 0.1) is 10.5 Å². The number of nitrogens with one attached hydrogen (secondary N) is 1. The van der Waals surface area contributed by atoms with Gasteiger partial charge in [-0.3, -0.25) is 4.79 Å². The Bertz CT molecular complexity index is 885. The van der Waals surface area contributed by atoms with Crippen LogP contribution in [0, 0.1) is 24.7 Å². The van der Waals surface area contributed by atoms with Crippen LogP contribution < -0.4 is 5.32 Å². The first-order valence-electron chi connectivity index (χ1n) is 9.92. The van der Waals surface area contributed by atoms with Crippen LogP contribution in [0.5, 0.6) is 0 Å². The van der Waals surface area contributed by atoms with Crippen molar-refractivity contribution in [2.24, 2.45) is 17.8 Å². The van der Waals surface area contributed by atoms with Crippen molar-refractivity contribution in [2.75, 3.05) is 12.9 Å². The van der Waals surface area contributed by atoms with E-state index < -0.39 is 15.8 Å². The number of amides is 1. The third kappa shape index (κ3) is 3.81. The van der Waals surface area contributed by atoms with Gasteiger partial charge in [0.25, 0.3) is 5.91 Å². The molecule has 4 saturated carbocycles. The number of carbonyl (C=O) groups excluding carboxylic acids is 2. The summed E-state index contributed by atoms with van der Waals surface area (Å²) in [5, 5.41) is 3.17. The Labute approximate surface area is 165 Å². The zero-order chi connectivity index (χ0) is 20.1. The van der Waals surface area contributed by atoms with E-state index in [1.54, 1.807) is 13.0 Å². The number of sulfone groups is 1. The minimum absolute atomic E-state index is 0.0584. The lowest BCUT2D eigenvalue weighted by Crippen LogP contribution is -2.60. The van der Waals surface area contributed by atoms with Crippen LogP contribution in [0.15, 0.2) is 23.1 Å². The molecule has 0 spiro atoms. The van der Waals surface area contributed by atoms with E-state index in [1.165, 1.54) is 31.4 Å². The third-order valence-electron chi connectivity index (χ3n) is 6.63. The summed E-state index contributed by atoms with van der Waals surface area (Å²) >= 11 is 0. The summed E-state index contributed by atoms with van der Waals surface area (Å²) in [5.41, 5.74) is 0.661. The smallest absolute Gasteiger partial charge is 0.338 e. The lowest BCUT2D eigenvalue weighted by atomic mass is 9.53. The van der Waals surface area contributed by atoms with E-state index >= 15 is 0 Å². The Balaban J connectivity index is 1.38. The van der Waals surface area contributed by atoms with Gasteiger partial charge in [0.15, 0.2) is 16.4 Å². The van der Waals surface area contributed by atoms with E-state index in [-0.39, 0.29) is 28.5 Å². The molecule has 4 fully saturated rings. The monoisotopic (exact) mass is 405 g/mol. The molecule has 1 aromatic rings. The highest BCUT2D eigenvalue weighted by Crippen LogP contribution is 2.55. The molecule has 7 heteroatoms. The summed E-state index contributed by atoms with van der Waals surface area (Å²) in [6.07, 6.45) is 8.07. The number of aryl methyl sites for hydroxylation is 1. The molecule has 0 unspecified atom stereocenters. The molecule has 4 aliphatic carbocycles. The van der Waals surface area contributed by atoms with E-state index in [0.717, 1.165) is 43.3 Å². The average Bonchev–Trinajstić information content (AvgIpc) is 2.57. The summed E-state index contributed by atoms with van der Waals surface area (Å²) in [5.74, 6) is 1.21. The number of benzene rings is 1. The van der Waals surface area contributed by atoms with Crippen LogP contribution in [0.3, 0.4) is 0 Å². The van der Waals surface area contributed by atoms with Crippen molar-refractivity contribution in [2.45, 2.75) is 55.9 Å². The molecule has 0 saturated heterocycles. The minimum atomic E-state index is -3.42. The van der Waals surface area contributed by atoms with Gasteiger partial charge >= 0.3 is 5.97 Å². The van der Waals surface area contributed by atoms with Gasteiger partial charge in [-0.2, -0.15) is 0 Å². The molecule has 0 atom stereocenters. The van der Waals surface area contributed by atoms with Crippen LogP contribution >= 0.6 is 0 Å². The largest absolute Gasteiger partial charge is 0.452 e. The molecular formula is C21H27NO5S.